The van der Waals surface area contributed by atoms with Crippen LogP contribution in [-0.4, -0.2) is 38.1 Å². The summed E-state index contributed by atoms with van der Waals surface area (Å²) >= 11 is 0. The van der Waals surface area contributed by atoms with Crippen LogP contribution in [0.25, 0.3) is 0 Å². The number of carbonyl (C=O) groups is 1. The molecule has 0 unspecified atom stereocenters. The van der Waals surface area contributed by atoms with Gasteiger partial charge in [0, 0.05) is 31.9 Å². The predicted molar refractivity (Wildman–Crippen MR) is 77.5 cm³/mol. The number of hydrogen-bond donors (Lipinski definition) is 1. The number of amides is 1. The number of hydrogen-bond acceptors (Lipinski definition) is 2. The van der Waals surface area contributed by atoms with Crippen molar-refractivity contribution < 1.29 is 9.18 Å². The Morgan fingerprint density at radius 1 is 1.21 bits per heavy atom. The quantitative estimate of drug-likeness (QED) is 0.768. The SMILES string of the molecule is Cc1cc(NCCCCCF)cc(C(=O)N(C)C)c1. The lowest BCUT2D eigenvalue weighted by Crippen LogP contribution is -2.21. The number of alkyl halides is 1. The first kappa shape index (κ1) is 15.5. The van der Waals surface area contributed by atoms with Gasteiger partial charge < -0.3 is 10.2 Å². The lowest BCUT2D eigenvalue weighted by atomic mass is 10.1. The van der Waals surface area contributed by atoms with Crippen LogP contribution in [0.3, 0.4) is 0 Å². The molecule has 1 aromatic carbocycles. The molecule has 0 spiro atoms. The third-order valence-electron chi connectivity index (χ3n) is 2.87. The van der Waals surface area contributed by atoms with Crippen LogP contribution in [0.15, 0.2) is 18.2 Å². The van der Waals surface area contributed by atoms with Gasteiger partial charge in [-0.05, 0) is 49.9 Å². The van der Waals surface area contributed by atoms with E-state index in [0.717, 1.165) is 30.6 Å². The minimum Gasteiger partial charge on any atom is -0.385 e. The molecule has 0 saturated heterocycles. The number of unbranched alkanes of at least 4 members (excludes halogenated alkanes) is 2. The molecule has 0 aliphatic carbocycles. The number of nitrogens with one attached hydrogen (secondary N) is 1. The van der Waals surface area contributed by atoms with Gasteiger partial charge in [-0.15, -0.1) is 0 Å². The highest BCUT2D eigenvalue weighted by molar-refractivity contribution is 5.95. The van der Waals surface area contributed by atoms with Crippen LogP contribution in [0.4, 0.5) is 10.1 Å². The van der Waals surface area contributed by atoms with Crippen molar-refractivity contribution in [3.05, 3.63) is 29.3 Å². The van der Waals surface area contributed by atoms with Gasteiger partial charge in [0.25, 0.3) is 5.91 Å². The first-order valence-electron chi connectivity index (χ1n) is 6.68. The summed E-state index contributed by atoms with van der Waals surface area (Å²) in [4.78, 5) is 13.5. The number of nitrogens with zero attached hydrogens (tertiary/aromatic N) is 1. The van der Waals surface area contributed by atoms with Gasteiger partial charge in [0.05, 0.1) is 6.67 Å². The fraction of sp³-hybridized carbons (Fsp3) is 0.533. The summed E-state index contributed by atoms with van der Waals surface area (Å²) < 4.78 is 12.0. The van der Waals surface area contributed by atoms with Gasteiger partial charge in [-0.2, -0.15) is 0 Å². The second kappa shape index (κ2) is 7.77. The Labute approximate surface area is 114 Å². The van der Waals surface area contributed by atoms with E-state index in [-0.39, 0.29) is 12.6 Å². The number of carbonyl (C=O) groups excluding carboxylic acids is 1. The highest BCUT2D eigenvalue weighted by Crippen LogP contribution is 2.16. The van der Waals surface area contributed by atoms with E-state index < -0.39 is 0 Å². The third-order valence-corrected chi connectivity index (χ3v) is 2.87. The molecule has 0 fully saturated rings. The van der Waals surface area contributed by atoms with E-state index in [2.05, 4.69) is 5.32 Å². The second-order valence-electron chi connectivity index (χ2n) is 4.96. The molecule has 106 valence electrons. The van der Waals surface area contributed by atoms with Crippen molar-refractivity contribution >= 4 is 11.6 Å². The Morgan fingerprint density at radius 3 is 2.58 bits per heavy atom. The van der Waals surface area contributed by atoms with Crippen molar-refractivity contribution in [1.82, 2.24) is 4.90 Å². The van der Waals surface area contributed by atoms with Crippen LogP contribution in [0.2, 0.25) is 0 Å². The second-order valence-corrected chi connectivity index (χ2v) is 4.96. The van der Waals surface area contributed by atoms with E-state index in [1.165, 1.54) is 0 Å². The zero-order chi connectivity index (χ0) is 14.3. The molecule has 0 saturated carbocycles. The Kier molecular flexibility index (Phi) is 6.33. The van der Waals surface area contributed by atoms with Gasteiger partial charge in [0.1, 0.15) is 0 Å². The summed E-state index contributed by atoms with van der Waals surface area (Å²) in [6, 6.07) is 5.77. The maximum Gasteiger partial charge on any atom is 0.253 e. The van der Waals surface area contributed by atoms with E-state index in [9.17, 15) is 9.18 Å². The highest BCUT2D eigenvalue weighted by atomic mass is 19.1. The summed E-state index contributed by atoms with van der Waals surface area (Å²) in [5, 5.41) is 3.29. The van der Waals surface area contributed by atoms with Crippen LogP contribution in [0, 0.1) is 6.92 Å². The summed E-state index contributed by atoms with van der Waals surface area (Å²) in [6.45, 7) is 2.53. The topological polar surface area (TPSA) is 32.3 Å². The van der Waals surface area contributed by atoms with Crippen LogP contribution in [0.5, 0.6) is 0 Å². The Balaban J connectivity index is 2.61. The molecule has 0 bridgehead atoms. The Bertz CT molecular complexity index is 419. The first-order valence-corrected chi connectivity index (χ1v) is 6.68. The van der Waals surface area contributed by atoms with Crippen molar-refractivity contribution in [3.8, 4) is 0 Å². The maximum atomic E-state index is 12.0. The average Bonchev–Trinajstić information content (AvgIpc) is 2.37. The normalized spacial score (nSPS) is 10.3. The molecule has 0 aromatic heterocycles. The molecular weight excluding hydrogens is 243 g/mol. The van der Waals surface area contributed by atoms with Gasteiger partial charge in [0.2, 0.25) is 0 Å². The van der Waals surface area contributed by atoms with E-state index in [0.29, 0.717) is 12.0 Å². The molecule has 1 N–H and O–H groups in total. The maximum absolute atomic E-state index is 12.0. The van der Waals surface area contributed by atoms with Crippen LogP contribution in [-0.2, 0) is 0 Å². The van der Waals surface area contributed by atoms with E-state index in [4.69, 9.17) is 0 Å². The molecule has 0 atom stereocenters. The largest absolute Gasteiger partial charge is 0.385 e. The average molecular weight is 266 g/mol. The Hall–Kier alpha value is -1.58. The summed E-state index contributed by atoms with van der Waals surface area (Å²) in [7, 11) is 3.49. The molecule has 0 radical (unpaired) electrons. The number of rotatable bonds is 7. The van der Waals surface area contributed by atoms with Crippen molar-refractivity contribution in [2.45, 2.75) is 26.2 Å². The number of halogens is 1. The third kappa shape index (κ3) is 5.28. The summed E-state index contributed by atoms with van der Waals surface area (Å²) in [5.74, 6) is 0.00387. The zero-order valence-corrected chi connectivity index (χ0v) is 12.0. The van der Waals surface area contributed by atoms with Gasteiger partial charge in [-0.1, -0.05) is 0 Å². The van der Waals surface area contributed by atoms with Crippen molar-refractivity contribution in [1.29, 1.82) is 0 Å². The summed E-state index contributed by atoms with van der Waals surface area (Å²) in [6.07, 6.45) is 2.45. The van der Waals surface area contributed by atoms with Gasteiger partial charge in [0.15, 0.2) is 0 Å². The van der Waals surface area contributed by atoms with Crippen molar-refractivity contribution in [2.75, 3.05) is 32.6 Å². The highest BCUT2D eigenvalue weighted by Gasteiger charge is 2.09. The van der Waals surface area contributed by atoms with Crippen LogP contribution < -0.4 is 5.32 Å². The molecule has 4 heteroatoms. The fourth-order valence-corrected chi connectivity index (χ4v) is 1.90. The smallest absolute Gasteiger partial charge is 0.253 e. The minimum atomic E-state index is -0.244. The number of aryl methyl sites for hydroxylation is 1. The molecule has 0 aliphatic heterocycles. The molecule has 0 heterocycles. The van der Waals surface area contributed by atoms with Crippen molar-refractivity contribution in [2.24, 2.45) is 0 Å². The monoisotopic (exact) mass is 266 g/mol. The van der Waals surface area contributed by atoms with E-state index in [1.807, 2.05) is 25.1 Å². The van der Waals surface area contributed by atoms with Crippen molar-refractivity contribution in [3.63, 3.8) is 0 Å². The van der Waals surface area contributed by atoms with Gasteiger partial charge >= 0.3 is 0 Å². The lowest BCUT2D eigenvalue weighted by Gasteiger charge is -2.13. The minimum absolute atomic E-state index is 0.00387. The lowest BCUT2D eigenvalue weighted by molar-refractivity contribution is 0.0827. The van der Waals surface area contributed by atoms with E-state index >= 15 is 0 Å². The molecule has 1 rings (SSSR count). The fourth-order valence-electron chi connectivity index (χ4n) is 1.90. The predicted octanol–water partition coefficient (Wildman–Crippen LogP) is 3.25. The van der Waals surface area contributed by atoms with Gasteiger partial charge in [-0.3, -0.25) is 9.18 Å². The number of benzene rings is 1. The zero-order valence-electron chi connectivity index (χ0n) is 12.0. The number of anilines is 1. The molecule has 1 aromatic rings. The molecule has 0 aliphatic rings. The van der Waals surface area contributed by atoms with Gasteiger partial charge in [-0.25, -0.2) is 0 Å². The Morgan fingerprint density at radius 2 is 1.95 bits per heavy atom. The standard InChI is InChI=1S/C15H23FN2O/c1-12-9-13(15(19)18(2)3)11-14(10-12)17-8-6-4-5-7-16/h9-11,17H,4-8H2,1-3H3. The summed E-state index contributed by atoms with van der Waals surface area (Å²) in [5.41, 5.74) is 2.70. The molecular formula is C15H23FN2O. The molecule has 19 heavy (non-hydrogen) atoms. The van der Waals surface area contributed by atoms with Crippen LogP contribution >= 0.6 is 0 Å². The first-order chi connectivity index (χ1) is 9.04. The van der Waals surface area contributed by atoms with E-state index in [1.54, 1.807) is 19.0 Å². The molecule has 3 nitrogen and oxygen atoms in total. The molecule has 1 amide bonds. The van der Waals surface area contributed by atoms with Crippen LogP contribution in [0.1, 0.15) is 35.2 Å².